The Labute approximate surface area is 135 Å². The first-order valence-corrected chi connectivity index (χ1v) is 7.10. The van der Waals surface area contributed by atoms with Gasteiger partial charge in [-0.2, -0.15) is 0 Å². The third-order valence-electron chi connectivity index (χ3n) is 4.20. The second-order valence-electron chi connectivity index (χ2n) is 7.06. The minimum Gasteiger partial charge on any atom is -0.351 e. The van der Waals surface area contributed by atoms with E-state index in [1.54, 1.807) is 0 Å². The normalized spacial score (nSPS) is 28.2. The van der Waals surface area contributed by atoms with Crippen molar-refractivity contribution in [3.8, 4) is 0 Å². The van der Waals surface area contributed by atoms with Gasteiger partial charge in [0.1, 0.15) is 0 Å². The van der Waals surface area contributed by atoms with Gasteiger partial charge in [-0.3, -0.25) is 9.69 Å². The number of hydrogen-bond donors (Lipinski definition) is 2. The smallest absolute Gasteiger partial charge is 0.237 e. The van der Waals surface area contributed by atoms with Crippen molar-refractivity contribution < 1.29 is 4.79 Å². The van der Waals surface area contributed by atoms with Gasteiger partial charge in [0.25, 0.3) is 0 Å². The van der Waals surface area contributed by atoms with E-state index >= 15 is 0 Å². The Morgan fingerprint density at radius 2 is 1.85 bits per heavy atom. The molecule has 0 aromatic rings. The summed E-state index contributed by atoms with van der Waals surface area (Å²) in [5.74, 6) is -0.00246. The van der Waals surface area contributed by atoms with Crippen LogP contribution in [0.15, 0.2) is 0 Å². The molecule has 1 aliphatic carbocycles. The van der Waals surface area contributed by atoms with Crippen LogP contribution in [0.1, 0.15) is 47.0 Å². The molecule has 3 atom stereocenters. The average Bonchev–Trinajstić information content (AvgIpc) is 3.02. The number of nitrogens with two attached hydrogens (primary N) is 1. The molecular weight excluding hydrogens is 297 g/mol. The van der Waals surface area contributed by atoms with E-state index < -0.39 is 6.04 Å². The number of rotatable bonds is 3. The number of hydrogen-bond acceptors (Lipinski definition) is 3. The van der Waals surface area contributed by atoms with Crippen molar-refractivity contribution in [1.82, 2.24) is 10.2 Å². The zero-order valence-corrected chi connectivity index (χ0v) is 14.5. The highest BCUT2D eigenvalue weighted by atomic mass is 35.5. The van der Waals surface area contributed by atoms with Gasteiger partial charge in [-0.15, -0.1) is 24.8 Å². The third kappa shape index (κ3) is 4.76. The van der Waals surface area contributed by atoms with Gasteiger partial charge in [-0.05, 0) is 31.6 Å². The van der Waals surface area contributed by atoms with Crippen LogP contribution >= 0.6 is 24.8 Å². The first-order valence-electron chi connectivity index (χ1n) is 7.10. The van der Waals surface area contributed by atoms with Crippen molar-refractivity contribution in [1.29, 1.82) is 0 Å². The molecule has 6 heteroatoms. The van der Waals surface area contributed by atoms with Gasteiger partial charge in [0.05, 0.1) is 6.04 Å². The first-order chi connectivity index (χ1) is 8.29. The Hall–Kier alpha value is -0.0300. The lowest BCUT2D eigenvalue weighted by atomic mass is 9.87. The van der Waals surface area contributed by atoms with Crippen LogP contribution in [0, 0.1) is 5.41 Å². The molecule has 4 nitrogen and oxygen atoms in total. The fourth-order valence-electron chi connectivity index (χ4n) is 2.76. The highest BCUT2D eigenvalue weighted by Gasteiger charge is 2.40. The molecule has 1 saturated heterocycles. The number of halogens is 2. The third-order valence-corrected chi connectivity index (χ3v) is 4.20. The summed E-state index contributed by atoms with van der Waals surface area (Å²) >= 11 is 0. The minimum atomic E-state index is -0.428. The summed E-state index contributed by atoms with van der Waals surface area (Å²) in [6, 6.07) is 1.22. The van der Waals surface area contributed by atoms with E-state index in [9.17, 15) is 4.79 Å². The molecule has 1 saturated carbocycles. The van der Waals surface area contributed by atoms with E-state index in [0.717, 1.165) is 19.0 Å². The van der Waals surface area contributed by atoms with E-state index in [-0.39, 0.29) is 42.2 Å². The summed E-state index contributed by atoms with van der Waals surface area (Å²) in [6.07, 6.45) is 3.71. The summed E-state index contributed by atoms with van der Waals surface area (Å²) in [5, 5.41) is 3.12. The van der Waals surface area contributed by atoms with Gasteiger partial charge in [-0.1, -0.05) is 20.8 Å². The zero-order chi connectivity index (χ0) is 13.5. The SMILES string of the molecule is CC1CC(NC(=O)[C@@H](N)C(C)(C)C)CN1C1CC1.Cl.Cl. The van der Waals surface area contributed by atoms with Gasteiger partial charge >= 0.3 is 0 Å². The predicted octanol–water partition coefficient (Wildman–Crippen LogP) is 1.94. The molecule has 0 aromatic carbocycles. The van der Waals surface area contributed by atoms with E-state index in [4.69, 9.17) is 5.73 Å². The number of carbonyl (C=O) groups is 1. The average molecular weight is 326 g/mol. The molecule has 0 bridgehead atoms. The molecule has 120 valence electrons. The summed E-state index contributed by atoms with van der Waals surface area (Å²) in [5.41, 5.74) is 5.81. The highest BCUT2D eigenvalue weighted by Crippen LogP contribution is 2.33. The van der Waals surface area contributed by atoms with Gasteiger partial charge in [0.15, 0.2) is 0 Å². The first kappa shape index (κ1) is 20.0. The molecular formula is C14H29Cl2N3O. The number of nitrogens with zero attached hydrogens (tertiary/aromatic N) is 1. The maximum atomic E-state index is 12.1. The van der Waals surface area contributed by atoms with Gasteiger partial charge in [-0.25, -0.2) is 0 Å². The Kier molecular flexibility index (Phi) is 7.29. The van der Waals surface area contributed by atoms with Crippen LogP contribution in [-0.4, -0.2) is 41.5 Å². The number of likely N-dealkylation sites (tertiary alicyclic amines) is 1. The molecule has 1 heterocycles. The van der Waals surface area contributed by atoms with Crippen molar-refractivity contribution >= 4 is 30.7 Å². The lowest BCUT2D eigenvalue weighted by Crippen LogP contribution is -2.51. The minimum absolute atomic E-state index is 0. The molecule has 20 heavy (non-hydrogen) atoms. The molecule has 2 aliphatic rings. The van der Waals surface area contributed by atoms with Crippen LogP contribution in [0.2, 0.25) is 0 Å². The van der Waals surface area contributed by atoms with Crippen molar-refractivity contribution in [2.24, 2.45) is 11.1 Å². The second-order valence-corrected chi connectivity index (χ2v) is 7.06. The monoisotopic (exact) mass is 325 g/mol. The van der Waals surface area contributed by atoms with Crippen LogP contribution in [0.25, 0.3) is 0 Å². The summed E-state index contributed by atoms with van der Waals surface area (Å²) in [4.78, 5) is 14.6. The summed E-state index contributed by atoms with van der Waals surface area (Å²) < 4.78 is 0. The van der Waals surface area contributed by atoms with Crippen LogP contribution < -0.4 is 11.1 Å². The van der Waals surface area contributed by atoms with Crippen molar-refractivity contribution in [2.45, 2.75) is 71.1 Å². The van der Waals surface area contributed by atoms with Crippen LogP contribution in [-0.2, 0) is 4.79 Å². The lowest BCUT2D eigenvalue weighted by Gasteiger charge is -2.27. The van der Waals surface area contributed by atoms with Gasteiger partial charge < -0.3 is 11.1 Å². The molecule has 2 rings (SSSR count). The standard InChI is InChI=1S/C14H27N3O.2ClH/c1-9-7-10(8-17(9)11-5-6-11)16-13(18)12(15)14(2,3)4;;/h9-12H,5-8,15H2,1-4H3,(H,16,18);2*1H/t9?,10?,12-;;/m1../s1. The molecule has 1 aliphatic heterocycles. The van der Waals surface area contributed by atoms with Crippen LogP contribution in [0.4, 0.5) is 0 Å². The number of amides is 1. The second kappa shape index (κ2) is 7.30. The Morgan fingerprint density at radius 1 is 1.30 bits per heavy atom. The fourth-order valence-corrected chi connectivity index (χ4v) is 2.76. The maximum absolute atomic E-state index is 12.1. The van der Waals surface area contributed by atoms with E-state index in [0.29, 0.717) is 6.04 Å². The van der Waals surface area contributed by atoms with E-state index in [1.807, 2.05) is 20.8 Å². The Morgan fingerprint density at radius 3 is 2.30 bits per heavy atom. The molecule has 2 unspecified atom stereocenters. The molecule has 3 N–H and O–H groups in total. The molecule has 0 radical (unpaired) electrons. The van der Waals surface area contributed by atoms with E-state index in [1.165, 1.54) is 12.8 Å². The molecule has 1 amide bonds. The lowest BCUT2D eigenvalue weighted by molar-refractivity contribution is -0.125. The number of carbonyl (C=O) groups excluding carboxylic acids is 1. The Balaban J connectivity index is 0.00000180. The maximum Gasteiger partial charge on any atom is 0.237 e. The highest BCUT2D eigenvalue weighted by molar-refractivity contribution is 5.85. The summed E-state index contributed by atoms with van der Waals surface area (Å²) in [6.45, 7) is 9.27. The zero-order valence-electron chi connectivity index (χ0n) is 12.9. The predicted molar refractivity (Wildman–Crippen MR) is 87.7 cm³/mol. The van der Waals surface area contributed by atoms with Crippen molar-refractivity contribution in [3.63, 3.8) is 0 Å². The molecule has 0 spiro atoms. The molecule has 0 aromatic heterocycles. The fraction of sp³-hybridized carbons (Fsp3) is 0.929. The van der Waals surface area contributed by atoms with Crippen LogP contribution in [0.5, 0.6) is 0 Å². The molecule has 2 fully saturated rings. The summed E-state index contributed by atoms with van der Waals surface area (Å²) in [7, 11) is 0. The number of nitrogens with one attached hydrogen (secondary N) is 1. The largest absolute Gasteiger partial charge is 0.351 e. The van der Waals surface area contributed by atoms with Crippen LogP contribution in [0.3, 0.4) is 0 Å². The van der Waals surface area contributed by atoms with E-state index in [2.05, 4.69) is 17.1 Å². The Bertz CT molecular complexity index is 329. The van der Waals surface area contributed by atoms with Gasteiger partial charge in [0.2, 0.25) is 5.91 Å². The topological polar surface area (TPSA) is 58.4 Å². The quantitative estimate of drug-likeness (QED) is 0.833. The van der Waals surface area contributed by atoms with Crippen molar-refractivity contribution in [3.05, 3.63) is 0 Å². The van der Waals surface area contributed by atoms with Crippen molar-refractivity contribution in [2.75, 3.05) is 6.54 Å². The van der Waals surface area contributed by atoms with Gasteiger partial charge in [0, 0.05) is 24.7 Å².